The van der Waals surface area contributed by atoms with E-state index in [2.05, 4.69) is 0 Å². The largest absolute Gasteiger partial charge is 0.496 e. The van der Waals surface area contributed by atoms with E-state index in [1.165, 1.54) is 28.4 Å². The van der Waals surface area contributed by atoms with Crippen LogP contribution in [0.1, 0.15) is 13.3 Å². The number of hydrogen-bond donors (Lipinski definition) is 0. The van der Waals surface area contributed by atoms with Gasteiger partial charge in [-0.3, -0.25) is 4.79 Å². The topological polar surface area (TPSA) is 81.7 Å². The fraction of sp³-hybridized carbons (Fsp3) is 0.296. The molecule has 0 spiro atoms. The van der Waals surface area contributed by atoms with Crippen LogP contribution in [0.15, 0.2) is 69.3 Å². The van der Waals surface area contributed by atoms with E-state index >= 15 is 0 Å². The van der Waals surface area contributed by atoms with E-state index in [0.717, 1.165) is 0 Å². The van der Waals surface area contributed by atoms with Crippen molar-refractivity contribution in [3.63, 3.8) is 0 Å². The summed E-state index contributed by atoms with van der Waals surface area (Å²) in [5.41, 5.74) is 0. The maximum Gasteiger partial charge on any atom is 0.316 e. The van der Waals surface area contributed by atoms with Gasteiger partial charge < -0.3 is 32.6 Å². The lowest BCUT2D eigenvalue weighted by Gasteiger charge is -2.42. The summed E-state index contributed by atoms with van der Waals surface area (Å²) >= 11 is 0. The lowest BCUT2D eigenvalue weighted by molar-refractivity contribution is -0.133. The second-order valence-electron chi connectivity index (χ2n) is 7.40. The lowest BCUT2D eigenvalue weighted by Crippen LogP contribution is -2.16. The van der Waals surface area contributed by atoms with Crippen LogP contribution in [0.4, 0.5) is 0 Å². The molecule has 0 aromatic heterocycles. The zero-order valence-electron chi connectivity index (χ0n) is 21.6. The first-order valence-electron chi connectivity index (χ1n) is 11.1. The van der Waals surface area contributed by atoms with Crippen molar-refractivity contribution < 1.29 is 37.4 Å². The minimum Gasteiger partial charge on any atom is -0.496 e. The van der Waals surface area contributed by atoms with Crippen molar-refractivity contribution in [1.82, 2.24) is 0 Å². The monoisotopic (exact) mass is 516 g/mol. The van der Waals surface area contributed by atoms with Crippen molar-refractivity contribution in [2.24, 2.45) is 0 Å². The molecule has 194 valence electrons. The van der Waals surface area contributed by atoms with Gasteiger partial charge in [-0.1, -0.05) is 25.1 Å². The Labute approximate surface area is 213 Å². The number of carbonyl (C=O) groups is 1. The number of ether oxygens (including phenoxy) is 6. The summed E-state index contributed by atoms with van der Waals surface area (Å²) in [6, 6.07) is 16.3. The second kappa shape index (κ2) is 11.8. The van der Waals surface area contributed by atoms with E-state index in [4.69, 9.17) is 32.6 Å². The normalized spacial score (nSPS) is 11.3. The molecular weight excluding hydrogens is 484 g/mol. The van der Waals surface area contributed by atoms with Gasteiger partial charge in [0.1, 0.15) is 44.3 Å². The average molecular weight is 517 g/mol. The molecule has 0 fully saturated rings. The van der Waals surface area contributed by atoms with Gasteiger partial charge in [0, 0.05) is 45.9 Å². The van der Waals surface area contributed by atoms with Crippen LogP contribution in [0.3, 0.4) is 0 Å². The smallest absolute Gasteiger partial charge is 0.316 e. The summed E-state index contributed by atoms with van der Waals surface area (Å²) < 4.78 is 40.9. The van der Waals surface area contributed by atoms with Crippen molar-refractivity contribution in [3.8, 4) is 34.5 Å². The Balaban J connectivity index is 2.65. The summed E-state index contributed by atoms with van der Waals surface area (Å²) in [6.07, 6.45) is 0.142. The van der Waals surface area contributed by atoms with Gasteiger partial charge in [0.05, 0.1) is 42.7 Å². The van der Waals surface area contributed by atoms with Gasteiger partial charge in [-0.2, -0.15) is 0 Å². The number of methoxy groups -OCH3 is 6. The lowest BCUT2D eigenvalue weighted by atomic mass is 10.3. The first-order valence-corrected chi connectivity index (χ1v) is 12.7. The molecule has 0 unspecified atom stereocenters. The van der Waals surface area contributed by atoms with Gasteiger partial charge >= 0.3 is 5.97 Å². The summed E-state index contributed by atoms with van der Waals surface area (Å²) in [6.45, 7) is 1.74. The molecule has 0 aliphatic heterocycles. The summed E-state index contributed by atoms with van der Waals surface area (Å²) in [5, 5.41) is 0. The zero-order chi connectivity index (χ0) is 26.3. The highest BCUT2D eigenvalue weighted by Crippen LogP contribution is 2.77. The van der Waals surface area contributed by atoms with Gasteiger partial charge in [0.25, 0.3) is 0 Å². The van der Waals surface area contributed by atoms with Crippen molar-refractivity contribution in [2.75, 3.05) is 42.7 Å². The van der Waals surface area contributed by atoms with Crippen LogP contribution in [0, 0.1) is 0 Å². The van der Waals surface area contributed by atoms with Crippen LogP contribution in [-0.2, 0) is 8.98 Å². The van der Waals surface area contributed by atoms with E-state index < -0.39 is 16.3 Å². The van der Waals surface area contributed by atoms with Crippen molar-refractivity contribution in [3.05, 3.63) is 54.6 Å². The number of rotatable bonds is 11. The first kappa shape index (κ1) is 26.9. The Morgan fingerprint density at radius 2 is 1.03 bits per heavy atom. The van der Waals surface area contributed by atoms with Gasteiger partial charge in [-0.25, -0.2) is 0 Å². The molecule has 3 aromatic rings. The third-order valence-electron chi connectivity index (χ3n) is 5.50. The molecule has 3 rings (SSSR count). The van der Waals surface area contributed by atoms with Crippen LogP contribution >= 0.6 is 10.3 Å². The van der Waals surface area contributed by atoms with Gasteiger partial charge in [-0.15, -0.1) is 0 Å². The van der Waals surface area contributed by atoms with Gasteiger partial charge in [0.15, 0.2) is 0 Å². The number of hydrogen-bond acceptors (Lipinski definition) is 8. The highest BCUT2D eigenvalue weighted by Gasteiger charge is 2.45. The summed E-state index contributed by atoms with van der Waals surface area (Å²) in [4.78, 5) is 14.9. The predicted molar refractivity (Wildman–Crippen MR) is 137 cm³/mol. The molecular formula is C27H32O8S. The Kier molecular flexibility index (Phi) is 8.82. The van der Waals surface area contributed by atoms with Crippen molar-refractivity contribution in [1.29, 1.82) is 0 Å². The Morgan fingerprint density at radius 3 is 1.33 bits per heavy atom. The van der Waals surface area contributed by atoms with Gasteiger partial charge in [0.2, 0.25) is 0 Å². The van der Waals surface area contributed by atoms with Crippen LogP contribution in [-0.4, -0.2) is 48.6 Å². The molecule has 0 aliphatic carbocycles. The Hall–Kier alpha value is -3.72. The molecule has 36 heavy (non-hydrogen) atoms. The minimum absolute atomic E-state index is 0.142. The molecule has 0 radical (unpaired) electrons. The van der Waals surface area contributed by atoms with E-state index in [1.54, 1.807) is 45.4 Å². The molecule has 8 nitrogen and oxygen atoms in total. The molecule has 0 N–H and O–H groups in total. The summed E-state index contributed by atoms with van der Waals surface area (Å²) in [5.74, 6) is 2.26. The van der Waals surface area contributed by atoms with Crippen LogP contribution < -0.4 is 28.4 Å². The molecule has 0 saturated carbocycles. The number of carbonyl (C=O) groups excluding carboxylic acids is 1. The fourth-order valence-electron chi connectivity index (χ4n) is 3.79. The molecule has 0 saturated heterocycles. The fourth-order valence-corrected chi connectivity index (χ4v) is 7.37. The third kappa shape index (κ3) is 4.83. The minimum atomic E-state index is -2.93. The Bertz CT molecular complexity index is 1080. The highest BCUT2D eigenvalue weighted by atomic mass is 32.3. The SMILES string of the molecule is CCC(=O)OS(c1ccccc1)(c1c(OC)cc(OC)cc1OC)c1c(OC)cc(OC)cc1OC. The molecule has 0 amide bonds. The van der Waals surface area contributed by atoms with Crippen LogP contribution in [0.5, 0.6) is 34.5 Å². The first-order chi connectivity index (χ1) is 17.4. The Morgan fingerprint density at radius 1 is 0.639 bits per heavy atom. The highest BCUT2D eigenvalue weighted by molar-refractivity contribution is 8.30. The third-order valence-corrected chi connectivity index (χ3v) is 8.82. The molecule has 0 heterocycles. The zero-order valence-corrected chi connectivity index (χ0v) is 22.4. The molecule has 9 heteroatoms. The van der Waals surface area contributed by atoms with E-state index in [-0.39, 0.29) is 6.42 Å². The maximum atomic E-state index is 13.2. The quantitative estimate of drug-likeness (QED) is 0.312. The van der Waals surface area contributed by atoms with Crippen LogP contribution in [0.25, 0.3) is 0 Å². The van der Waals surface area contributed by atoms with Crippen LogP contribution in [0.2, 0.25) is 0 Å². The van der Waals surface area contributed by atoms with E-state index in [1.807, 2.05) is 30.3 Å². The molecule has 3 aromatic carbocycles. The second-order valence-corrected chi connectivity index (χ2v) is 9.97. The summed E-state index contributed by atoms with van der Waals surface area (Å²) in [7, 11) is 6.34. The molecule has 0 aliphatic rings. The van der Waals surface area contributed by atoms with Crippen molar-refractivity contribution in [2.45, 2.75) is 28.0 Å². The average Bonchev–Trinajstić information content (AvgIpc) is 2.94. The van der Waals surface area contributed by atoms with Crippen molar-refractivity contribution >= 4 is 16.3 Å². The molecule has 0 bridgehead atoms. The van der Waals surface area contributed by atoms with E-state index in [0.29, 0.717) is 49.2 Å². The van der Waals surface area contributed by atoms with E-state index in [9.17, 15) is 4.79 Å². The maximum absolute atomic E-state index is 13.2. The van der Waals surface area contributed by atoms with Gasteiger partial charge in [-0.05, 0) is 12.1 Å². The predicted octanol–water partition coefficient (Wildman–Crippen LogP) is 5.89. The molecule has 0 atom stereocenters. The standard InChI is InChI=1S/C27H32O8S/c1-8-25(28)35-36(20-12-10-9-11-13-20,26-21(31-4)14-18(29-2)15-22(26)32-5)27-23(33-6)16-19(30-3)17-24(27)34-7/h9-17H,8H2,1-7H3. The number of benzene rings is 3.